The molecule has 0 spiro atoms. The van der Waals surface area contributed by atoms with Crippen LogP contribution < -0.4 is 4.74 Å². The summed E-state index contributed by atoms with van der Waals surface area (Å²) >= 11 is 0. The van der Waals surface area contributed by atoms with E-state index in [9.17, 15) is 4.79 Å². The maximum Gasteiger partial charge on any atom is 0.257 e. The number of methoxy groups -OCH3 is 1. The summed E-state index contributed by atoms with van der Waals surface area (Å²) in [7, 11) is 3.56. The van der Waals surface area contributed by atoms with E-state index in [0.717, 1.165) is 23.4 Å². The van der Waals surface area contributed by atoms with Gasteiger partial charge in [-0.1, -0.05) is 11.6 Å². The van der Waals surface area contributed by atoms with Gasteiger partial charge in [-0.25, -0.2) is 4.98 Å². The third-order valence-corrected chi connectivity index (χ3v) is 3.98. The molecule has 0 bridgehead atoms. The van der Waals surface area contributed by atoms with Crippen molar-refractivity contribution in [3.8, 4) is 5.75 Å². The lowest BCUT2D eigenvalue weighted by Crippen LogP contribution is -2.36. The van der Waals surface area contributed by atoms with Crippen LogP contribution in [-0.2, 0) is 20.0 Å². The van der Waals surface area contributed by atoms with E-state index in [1.54, 1.807) is 7.11 Å². The molecule has 110 valence electrons. The van der Waals surface area contributed by atoms with Crippen LogP contribution in [0, 0.1) is 6.92 Å². The minimum Gasteiger partial charge on any atom is -0.496 e. The van der Waals surface area contributed by atoms with E-state index in [2.05, 4.69) is 4.98 Å². The van der Waals surface area contributed by atoms with Gasteiger partial charge in [0, 0.05) is 20.0 Å². The summed E-state index contributed by atoms with van der Waals surface area (Å²) in [4.78, 5) is 19.0. The van der Waals surface area contributed by atoms with E-state index in [1.165, 1.54) is 0 Å². The molecule has 2 aromatic rings. The lowest BCUT2D eigenvalue weighted by atomic mass is 10.1. The van der Waals surface area contributed by atoms with Gasteiger partial charge in [-0.2, -0.15) is 0 Å². The maximum absolute atomic E-state index is 12.8. The van der Waals surface area contributed by atoms with Gasteiger partial charge in [0.2, 0.25) is 0 Å². The minimum atomic E-state index is 0.0161. The van der Waals surface area contributed by atoms with Crippen LogP contribution in [0.1, 0.15) is 27.3 Å². The van der Waals surface area contributed by atoms with Gasteiger partial charge in [0.05, 0.1) is 36.9 Å². The van der Waals surface area contributed by atoms with E-state index in [1.807, 2.05) is 48.0 Å². The first-order chi connectivity index (χ1) is 10.1. The predicted octanol–water partition coefficient (Wildman–Crippen LogP) is 1.94. The lowest BCUT2D eigenvalue weighted by molar-refractivity contribution is 0.0726. The van der Waals surface area contributed by atoms with Crippen LogP contribution in [0.15, 0.2) is 24.5 Å². The highest BCUT2D eigenvalue weighted by molar-refractivity contribution is 5.97. The Labute approximate surface area is 124 Å². The van der Waals surface area contributed by atoms with E-state index >= 15 is 0 Å². The second-order valence-electron chi connectivity index (χ2n) is 5.43. The molecule has 1 aromatic carbocycles. The second-order valence-corrected chi connectivity index (χ2v) is 5.43. The zero-order valence-corrected chi connectivity index (χ0v) is 12.6. The summed E-state index contributed by atoms with van der Waals surface area (Å²) < 4.78 is 7.31. The molecule has 0 radical (unpaired) electrons. The molecule has 1 aromatic heterocycles. The maximum atomic E-state index is 12.8. The summed E-state index contributed by atoms with van der Waals surface area (Å²) in [5.74, 6) is 0.642. The van der Waals surface area contributed by atoms with Crippen molar-refractivity contribution in [1.29, 1.82) is 0 Å². The number of amides is 1. The first-order valence-corrected chi connectivity index (χ1v) is 7.03. The van der Waals surface area contributed by atoms with Gasteiger partial charge in [0.25, 0.3) is 5.91 Å². The first kappa shape index (κ1) is 13.7. The molecule has 1 aliphatic rings. The van der Waals surface area contributed by atoms with E-state index in [4.69, 9.17) is 4.74 Å². The molecule has 5 heteroatoms. The van der Waals surface area contributed by atoms with Gasteiger partial charge < -0.3 is 14.2 Å². The van der Waals surface area contributed by atoms with Crippen molar-refractivity contribution in [3.05, 3.63) is 47.0 Å². The molecule has 5 nitrogen and oxygen atoms in total. The Kier molecular flexibility index (Phi) is 3.41. The number of benzene rings is 1. The molecule has 0 saturated heterocycles. The molecular formula is C16H19N3O2. The zero-order chi connectivity index (χ0) is 15.0. The highest BCUT2D eigenvalue weighted by Crippen LogP contribution is 2.24. The Morgan fingerprint density at radius 2 is 2.19 bits per heavy atom. The Hall–Kier alpha value is -2.30. The van der Waals surface area contributed by atoms with Crippen molar-refractivity contribution in [3.63, 3.8) is 0 Å². The van der Waals surface area contributed by atoms with Crippen molar-refractivity contribution < 1.29 is 9.53 Å². The van der Waals surface area contributed by atoms with Gasteiger partial charge in [0.15, 0.2) is 0 Å². The fourth-order valence-corrected chi connectivity index (χ4v) is 2.75. The smallest absolute Gasteiger partial charge is 0.257 e. The minimum absolute atomic E-state index is 0.0161. The van der Waals surface area contributed by atoms with Crippen LogP contribution in [0.3, 0.4) is 0 Å². The number of aromatic nitrogens is 2. The Morgan fingerprint density at radius 1 is 1.38 bits per heavy atom. The quantitative estimate of drug-likeness (QED) is 0.847. The number of imidazole rings is 1. The van der Waals surface area contributed by atoms with Crippen LogP contribution in [0.5, 0.6) is 5.75 Å². The fourth-order valence-electron chi connectivity index (χ4n) is 2.75. The highest BCUT2D eigenvalue weighted by atomic mass is 16.5. The number of carbonyl (C=O) groups excluding carboxylic acids is 1. The number of fused-ring (bicyclic) bond motifs is 1. The SMILES string of the molecule is COc1ccc(C)cc1C(=O)N1CCc2ncn(C)c2C1. The molecule has 0 fully saturated rings. The summed E-state index contributed by atoms with van der Waals surface area (Å²) in [6.45, 7) is 3.27. The van der Waals surface area contributed by atoms with Crippen molar-refractivity contribution in [2.75, 3.05) is 13.7 Å². The average Bonchev–Trinajstić information content (AvgIpc) is 2.87. The molecule has 3 rings (SSSR count). The van der Waals surface area contributed by atoms with Crippen LogP contribution in [0.4, 0.5) is 0 Å². The third kappa shape index (κ3) is 2.39. The normalized spacial score (nSPS) is 14.0. The van der Waals surface area contributed by atoms with Gasteiger partial charge in [-0.15, -0.1) is 0 Å². The number of hydrogen-bond acceptors (Lipinski definition) is 3. The Bertz CT molecular complexity index is 691. The number of nitrogens with zero attached hydrogens (tertiary/aromatic N) is 3. The van der Waals surface area contributed by atoms with Crippen LogP contribution in [0.2, 0.25) is 0 Å². The van der Waals surface area contributed by atoms with E-state index < -0.39 is 0 Å². The molecule has 2 heterocycles. The lowest BCUT2D eigenvalue weighted by Gasteiger charge is -2.27. The third-order valence-electron chi connectivity index (χ3n) is 3.98. The standard InChI is InChI=1S/C16H19N3O2/c1-11-4-5-15(21-3)12(8-11)16(20)19-7-6-13-14(9-19)18(2)10-17-13/h4-5,8,10H,6-7,9H2,1-3H3. The predicted molar refractivity (Wildman–Crippen MR) is 79.4 cm³/mol. The monoisotopic (exact) mass is 285 g/mol. The molecule has 0 saturated carbocycles. The Balaban J connectivity index is 1.90. The Morgan fingerprint density at radius 3 is 2.95 bits per heavy atom. The van der Waals surface area contributed by atoms with Crippen LogP contribution >= 0.6 is 0 Å². The zero-order valence-electron chi connectivity index (χ0n) is 12.6. The largest absolute Gasteiger partial charge is 0.496 e. The number of hydrogen-bond donors (Lipinski definition) is 0. The van der Waals surface area contributed by atoms with Gasteiger partial charge in [0.1, 0.15) is 5.75 Å². The van der Waals surface area contributed by atoms with Gasteiger partial charge >= 0.3 is 0 Å². The first-order valence-electron chi connectivity index (χ1n) is 7.03. The van der Waals surface area contributed by atoms with Crippen molar-refractivity contribution in [2.24, 2.45) is 7.05 Å². The van der Waals surface area contributed by atoms with E-state index in [-0.39, 0.29) is 5.91 Å². The van der Waals surface area contributed by atoms with Crippen molar-refractivity contribution >= 4 is 5.91 Å². The topological polar surface area (TPSA) is 47.4 Å². The summed E-state index contributed by atoms with van der Waals surface area (Å²) in [5.41, 5.74) is 3.89. The highest BCUT2D eigenvalue weighted by Gasteiger charge is 2.26. The molecule has 0 aliphatic carbocycles. The molecule has 21 heavy (non-hydrogen) atoms. The summed E-state index contributed by atoms with van der Waals surface area (Å²) in [6, 6.07) is 5.69. The van der Waals surface area contributed by atoms with Crippen LogP contribution in [-0.4, -0.2) is 34.0 Å². The van der Waals surface area contributed by atoms with Crippen molar-refractivity contribution in [1.82, 2.24) is 14.5 Å². The number of ether oxygens (including phenoxy) is 1. The molecule has 1 amide bonds. The molecule has 0 unspecified atom stereocenters. The summed E-state index contributed by atoms with van der Waals surface area (Å²) in [5, 5.41) is 0. The number of rotatable bonds is 2. The summed E-state index contributed by atoms with van der Waals surface area (Å²) in [6.07, 6.45) is 2.61. The van der Waals surface area contributed by atoms with Crippen molar-refractivity contribution in [2.45, 2.75) is 19.9 Å². The van der Waals surface area contributed by atoms with Gasteiger partial charge in [-0.3, -0.25) is 4.79 Å². The molecule has 0 N–H and O–H groups in total. The van der Waals surface area contributed by atoms with Gasteiger partial charge in [-0.05, 0) is 19.1 Å². The average molecular weight is 285 g/mol. The number of carbonyl (C=O) groups is 1. The number of aryl methyl sites for hydroxylation is 2. The fraction of sp³-hybridized carbons (Fsp3) is 0.375. The molecule has 1 aliphatic heterocycles. The van der Waals surface area contributed by atoms with E-state index in [0.29, 0.717) is 24.4 Å². The van der Waals surface area contributed by atoms with Crippen LogP contribution in [0.25, 0.3) is 0 Å². The molecular weight excluding hydrogens is 266 g/mol. The second kappa shape index (κ2) is 5.24. The molecule has 0 atom stereocenters.